The molecule has 1 heterocycles. The van der Waals surface area contributed by atoms with Crippen LogP contribution in [0.5, 0.6) is 5.75 Å². The lowest BCUT2D eigenvalue weighted by atomic mass is 10.1. The first-order valence-corrected chi connectivity index (χ1v) is 6.64. The molecule has 0 N–H and O–H groups in total. The molecule has 1 aromatic carbocycles. The van der Waals surface area contributed by atoms with Crippen molar-refractivity contribution in [1.82, 2.24) is 0 Å². The summed E-state index contributed by atoms with van der Waals surface area (Å²) in [5.41, 5.74) is 0.402. The van der Waals surface area contributed by atoms with E-state index in [2.05, 4.69) is 0 Å². The first-order chi connectivity index (χ1) is 9.22. The van der Waals surface area contributed by atoms with Crippen LogP contribution in [0, 0.1) is 0 Å². The van der Waals surface area contributed by atoms with Gasteiger partial charge in [-0.15, -0.1) is 11.3 Å². The number of aldehydes is 2. The van der Waals surface area contributed by atoms with E-state index in [1.54, 1.807) is 12.1 Å². The Bertz CT molecular complexity index is 642. The van der Waals surface area contributed by atoms with Crippen molar-refractivity contribution in [1.29, 1.82) is 0 Å². The Morgan fingerprint density at radius 2 is 2.16 bits per heavy atom. The third kappa shape index (κ3) is 2.42. The molecule has 0 aliphatic carbocycles. The third-order valence-electron chi connectivity index (χ3n) is 2.73. The van der Waals surface area contributed by atoms with Crippen LogP contribution in [0.2, 0.25) is 0 Å². The number of fused-ring (bicyclic) bond motifs is 1. The predicted molar refractivity (Wildman–Crippen MR) is 73.2 cm³/mol. The van der Waals surface area contributed by atoms with Crippen LogP contribution in [0.15, 0.2) is 18.2 Å². The van der Waals surface area contributed by atoms with Crippen LogP contribution in [-0.4, -0.2) is 25.0 Å². The average molecular weight is 276 g/mol. The van der Waals surface area contributed by atoms with Gasteiger partial charge in [-0.3, -0.25) is 14.4 Å². The second-order valence-electron chi connectivity index (χ2n) is 3.84. The largest absolute Gasteiger partial charge is 0.485 e. The van der Waals surface area contributed by atoms with Gasteiger partial charge in [0, 0.05) is 15.0 Å². The molecular formula is C14H12O4S. The van der Waals surface area contributed by atoms with Gasteiger partial charge in [0.15, 0.2) is 12.6 Å². The number of aryl methyl sites for hydroxylation is 1. The lowest BCUT2D eigenvalue weighted by Crippen LogP contribution is -2.04. The van der Waals surface area contributed by atoms with Crippen LogP contribution in [-0.2, 0) is 16.0 Å². The average Bonchev–Trinajstić information content (AvgIpc) is 2.83. The highest BCUT2D eigenvalue weighted by molar-refractivity contribution is 7.19. The number of carbonyl (C=O) groups is 3. The fraction of sp³-hybridized carbons (Fsp3) is 0.214. The molecule has 0 atom stereocenters. The Kier molecular flexibility index (Phi) is 4.06. The Morgan fingerprint density at radius 1 is 1.37 bits per heavy atom. The number of hydrogen-bond acceptors (Lipinski definition) is 5. The van der Waals surface area contributed by atoms with Crippen molar-refractivity contribution >= 4 is 39.8 Å². The highest BCUT2D eigenvalue weighted by Crippen LogP contribution is 2.37. The predicted octanol–water partition coefficient (Wildman–Crippen LogP) is 2.42. The van der Waals surface area contributed by atoms with Gasteiger partial charge >= 0.3 is 0 Å². The van der Waals surface area contributed by atoms with Gasteiger partial charge in [0.2, 0.25) is 5.78 Å². The van der Waals surface area contributed by atoms with Gasteiger partial charge < -0.3 is 4.74 Å². The molecule has 0 spiro atoms. The number of ketones is 1. The summed E-state index contributed by atoms with van der Waals surface area (Å²) in [7, 11) is 0. The van der Waals surface area contributed by atoms with Crippen molar-refractivity contribution in [3.05, 3.63) is 28.6 Å². The molecule has 0 bridgehead atoms. The zero-order valence-corrected chi connectivity index (χ0v) is 11.2. The van der Waals surface area contributed by atoms with Gasteiger partial charge in [0.05, 0.1) is 5.56 Å². The molecule has 0 saturated carbocycles. The summed E-state index contributed by atoms with van der Waals surface area (Å²) in [5.74, 6) is -0.0870. The topological polar surface area (TPSA) is 60.4 Å². The number of benzene rings is 1. The first-order valence-electron chi connectivity index (χ1n) is 5.83. The van der Waals surface area contributed by atoms with E-state index in [9.17, 15) is 14.4 Å². The summed E-state index contributed by atoms with van der Waals surface area (Å²) in [6, 6.07) is 5.36. The standard InChI is InChI=1S/C14H12O4S/c1-2-11-13(9(17)8-16)14-10(18-7-6-15)4-3-5-12(14)19-11/h3-6,8H,2,7H2,1H3. The lowest BCUT2D eigenvalue weighted by Gasteiger charge is -2.05. The molecule has 4 nitrogen and oxygen atoms in total. The smallest absolute Gasteiger partial charge is 0.227 e. The van der Waals surface area contributed by atoms with Crippen molar-refractivity contribution in [2.24, 2.45) is 0 Å². The van der Waals surface area contributed by atoms with Crippen LogP contribution in [0.3, 0.4) is 0 Å². The first kappa shape index (κ1) is 13.4. The Hall–Kier alpha value is -2.01. The van der Waals surface area contributed by atoms with Crippen molar-refractivity contribution < 1.29 is 19.1 Å². The van der Waals surface area contributed by atoms with Crippen LogP contribution >= 0.6 is 11.3 Å². The van der Waals surface area contributed by atoms with Crippen LogP contribution in [0.1, 0.15) is 22.2 Å². The van der Waals surface area contributed by atoms with E-state index < -0.39 is 5.78 Å². The summed E-state index contributed by atoms with van der Waals surface area (Å²) in [6.45, 7) is 1.85. The lowest BCUT2D eigenvalue weighted by molar-refractivity contribution is -0.109. The normalized spacial score (nSPS) is 10.4. The quantitative estimate of drug-likeness (QED) is 0.462. The molecular weight excluding hydrogens is 264 g/mol. The van der Waals surface area contributed by atoms with E-state index in [0.717, 1.165) is 9.58 Å². The summed E-state index contributed by atoms with van der Waals surface area (Å²) >= 11 is 1.47. The van der Waals surface area contributed by atoms with Crippen molar-refractivity contribution in [3.63, 3.8) is 0 Å². The minimum Gasteiger partial charge on any atom is -0.485 e. The minimum atomic E-state index is -0.551. The van der Waals surface area contributed by atoms with E-state index in [1.165, 1.54) is 11.3 Å². The number of hydrogen-bond donors (Lipinski definition) is 0. The molecule has 2 aromatic rings. The Balaban J connectivity index is 2.70. The van der Waals surface area contributed by atoms with Crippen molar-refractivity contribution in [3.8, 4) is 5.75 Å². The van der Waals surface area contributed by atoms with Gasteiger partial charge in [-0.25, -0.2) is 0 Å². The van der Waals surface area contributed by atoms with Gasteiger partial charge in [-0.05, 0) is 18.6 Å². The molecule has 0 aliphatic rings. The monoisotopic (exact) mass is 276 g/mol. The fourth-order valence-electron chi connectivity index (χ4n) is 1.98. The van der Waals surface area contributed by atoms with E-state index in [0.29, 0.717) is 35.7 Å². The molecule has 0 fully saturated rings. The molecule has 0 aliphatic heterocycles. The SMILES string of the molecule is CCc1sc2cccc(OCC=O)c2c1C(=O)C=O. The summed E-state index contributed by atoms with van der Waals surface area (Å²) in [5, 5.41) is 0.628. The van der Waals surface area contributed by atoms with E-state index in [1.807, 2.05) is 13.0 Å². The van der Waals surface area contributed by atoms with E-state index in [-0.39, 0.29) is 6.61 Å². The second kappa shape index (κ2) is 5.75. The van der Waals surface area contributed by atoms with Crippen LogP contribution in [0.25, 0.3) is 10.1 Å². The maximum atomic E-state index is 11.8. The van der Waals surface area contributed by atoms with Crippen molar-refractivity contribution in [2.75, 3.05) is 6.61 Å². The van der Waals surface area contributed by atoms with Gasteiger partial charge in [0.25, 0.3) is 0 Å². The summed E-state index contributed by atoms with van der Waals surface area (Å²) < 4.78 is 6.21. The van der Waals surface area contributed by atoms with Gasteiger partial charge in [0.1, 0.15) is 12.4 Å². The second-order valence-corrected chi connectivity index (χ2v) is 4.98. The number of carbonyl (C=O) groups excluding carboxylic acids is 3. The van der Waals surface area contributed by atoms with Crippen molar-refractivity contribution in [2.45, 2.75) is 13.3 Å². The molecule has 19 heavy (non-hydrogen) atoms. The molecule has 2 rings (SSSR count). The zero-order valence-electron chi connectivity index (χ0n) is 10.3. The summed E-state index contributed by atoms with van der Waals surface area (Å²) in [6.07, 6.45) is 1.63. The number of ether oxygens (including phenoxy) is 1. The number of Topliss-reactive ketones (excluding diaryl/α,β-unsaturated/α-hetero) is 1. The molecule has 0 unspecified atom stereocenters. The fourth-order valence-corrected chi connectivity index (χ4v) is 3.14. The maximum absolute atomic E-state index is 11.8. The third-order valence-corrected chi connectivity index (χ3v) is 4.03. The Morgan fingerprint density at radius 3 is 2.79 bits per heavy atom. The minimum absolute atomic E-state index is 0.0782. The molecule has 0 saturated heterocycles. The van der Waals surface area contributed by atoms with Crippen LogP contribution in [0.4, 0.5) is 0 Å². The zero-order chi connectivity index (χ0) is 13.8. The van der Waals surface area contributed by atoms with Crippen LogP contribution < -0.4 is 4.74 Å². The Labute approximate surface area is 114 Å². The molecule has 0 radical (unpaired) electrons. The maximum Gasteiger partial charge on any atom is 0.227 e. The molecule has 0 amide bonds. The number of thiophene rings is 1. The van der Waals surface area contributed by atoms with Gasteiger partial charge in [-0.2, -0.15) is 0 Å². The highest BCUT2D eigenvalue weighted by Gasteiger charge is 2.20. The van der Waals surface area contributed by atoms with E-state index >= 15 is 0 Å². The molecule has 5 heteroatoms. The summed E-state index contributed by atoms with van der Waals surface area (Å²) in [4.78, 5) is 33.9. The highest BCUT2D eigenvalue weighted by atomic mass is 32.1. The van der Waals surface area contributed by atoms with Gasteiger partial charge in [-0.1, -0.05) is 13.0 Å². The number of rotatable bonds is 6. The van der Waals surface area contributed by atoms with E-state index in [4.69, 9.17) is 4.74 Å². The molecule has 98 valence electrons. The molecule has 1 aromatic heterocycles.